The van der Waals surface area contributed by atoms with Crippen molar-refractivity contribution in [3.8, 4) is 6.07 Å². The van der Waals surface area contributed by atoms with Crippen molar-refractivity contribution in [1.29, 1.82) is 5.26 Å². The summed E-state index contributed by atoms with van der Waals surface area (Å²) in [6, 6.07) is 11.2. The van der Waals surface area contributed by atoms with Crippen LogP contribution in [0.2, 0.25) is 0 Å². The average Bonchev–Trinajstić information content (AvgIpc) is 3.29. The summed E-state index contributed by atoms with van der Waals surface area (Å²) in [7, 11) is 0. The molecule has 0 saturated carbocycles. The van der Waals surface area contributed by atoms with Crippen molar-refractivity contribution in [3.63, 3.8) is 0 Å². The van der Waals surface area contributed by atoms with Gasteiger partial charge >= 0.3 is 0 Å². The average molecular weight is 378 g/mol. The van der Waals surface area contributed by atoms with Gasteiger partial charge < -0.3 is 16.0 Å². The van der Waals surface area contributed by atoms with Crippen LogP contribution in [0.25, 0.3) is 10.2 Å². The fourth-order valence-electron chi connectivity index (χ4n) is 3.07. The molecule has 3 heterocycles. The lowest BCUT2D eigenvalue weighted by atomic mass is 10.2. The minimum Gasteiger partial charge on any atom is -0.348 e. The van der Waals surface area contributed by atoms with E-state index in [0.29, 0.717) is 22.1 Å². The number of rotatable bonds is 4. The van der Waals surface area contributed by atoms with Crippen LogP contribution >= 0.6 is 11.3 Å². The first-order valence-corrected chi connectivity index (χ1v) is 9.50. The van der Waals surface area contributed by atoms with Gasteiger partial charge in [-0.25, -0.2) is 9.97 Å². The molecule has 1 aromatic carbocycles. The molecule has 0 aliphatic carbocycles. The van der Waals surface area contributed by atoms with Crippen LogP contribution in [0.4, 0.5) is 10.9 Å². The van der Waals surface area contributed by atoms with E-state index in [0.717, 1.165) is 35.4 Å². The number of amides is 1. The van der Waals surface area contributed by atoms with Crippen molar-refractivity contribution in [2.75, 3.05) is 18.4 Å². The predicted molar refractivity (Wildman–Crippen MR) is 105 cm³/mol. The Hall–Kier alpha value is -3.02. The Labute approximate surface area is 160 Å². The number of nitriles is 1. The minimum absolute atomic E-state index is 0.0970. The van der Waals surface area contributed by atoms with Gasteiger partial charge in [-0.15, -0.1) is 0 Å². The second kappa shape index (κ2) is 7.31. The Kier molecular flexibility index (Phi) is 4.71. The number of nitrogens with one attached hydrogen (secondary N) is 3. The molecule has 7 nitrogen and oxygen atoms in total. The number of aryl methyl sites for hydroxylation is 1. The fourth-order valence-corrected chi connectivity index (χ4v) is 3.98. The van der Waals surface area contributed by atoms with Crippen molar-refractivity contribution in [2.45, 2.75) is 19.4 Å². The van der Waals surface area contributed by atoms with Crippen molar-refractivity contribution in [1.82, 2.24) is 20.6 Å². The summed E-state index contributed by atoms with van der Waals surface area (Å²) in [5, 5.41) is 19.2. The second-order valence-corrected chi connectivity index (χ2v) is 7.51. The van der Waals surface area contributed by atoms with Crippen molar-refractivity contribution in [2.24, 2.45) is 0 Å². The number of carbonyl (C=O) groups is 1. The third-order valence-corrected chi connectivity index (χ3v) is 5.30. The SMILES string of the molecule is Cc1cc(C(=O)NC2CCNC2)cc(Nc2nc3ccc(C#N)cc3s2)n1. The number of benzene rings is 1. The van der Waals surface area contributed by atoms with Gasteiger partial charge in [0, 0.05) is 23.8 Å². The Morgan fingerprint density at radius 1 is 1.33 bits per heavy atom. The molecule has 0 bridgehead atoms. The van der Waals surface area contributed by atoms with Gasteiger partial charge in [0.05, 0.1) is 21.8 Å². The van der Waals surface area contributed by atoms with Crippen LogP contribution in [0.15, 0.2) is 30.3 Å². The van der Waals surface area contributed by atoms with E-state index >= 15 is 0 Å². The molecule has 3 N–H and O–H groups in total. The largest absolute Gasteiger partial charge is 0.348 e. The lowest BCUT2D eigenvalue weighted by Gasteiger charge is -2.12. The predicted octanol–water partition coefficient (Wildman–Crippen LogP) is 2.71. The molecule has 1 aliphatic heterocycles. The van der Waals surface area contributed by atoms with E-state index in [1.807, 2.05) is 19.1 Å². The zero-order valence-corrected chi connectivity index (χ0v) is 15.6. The summed E-state index contributed by atoms with van der Waals surface area (Å²) >= 11 is 1.45. The minimum atomic E-state index is -0.0970. The molecule has 1 amide bonds. The summed E-state index contributed by atoms with van der Waals surface area (Å²) in [5.41, 5.74) is 2.75. The summed E-state index contributed by atoms with van der Waals surface area (Å²) in [5.74, 6) is 0.476. The highest BCUT2D eigenvalue weighted by atomic mass is 32.1. The van der Waals surface area contributed by atoms with Crippen LogP contribution in [0.3, 0.4) is 0 Å². The van der Waals surface area contributed by atoms with Gasteiger partial charge in [0.2, 0.25) is 0 Å². The van der Waals surface area contributed by atoms with Crippen LogP contribution in [-0.4, -0.2) is 35.0 Å². The van der Waals surface area contributed by atoms with E-state index in [1.165, 1.54) is 11.3 Å². The molecule has 27 heavy (non-hydrogen) atoms. The number of hydrogen-bond donors (Lipinski definition) is 3. The third kappa shape index (κ3) is 3.89. The molecule has 1 saturated heterocycles. The fraction of sp³-hybridized carbons (Fsp3) is 0.263. The quantitative estimate of drug-likeness (QED) is 0.645. The highest BCUT2D eigenvalue weighted by molar-refractivity contribution is 7.22. The van der Waals surface area contributed by atoms with E-state index in [9.17, 15) is 4.79 Å². The molecule has 4 rings (SSSR count). The standard InChI is InChI=1S/C19H18N6OS/c1-11-6-13(18(26)23-14-4-5-21-10-14)8-17(22-11)25-19-24-15-3-2-12(9-20)7-16(15)27-19/h2-3,6-8,14,21H,4-5,10H2,1H3,(H,23,26)(H,22,24,25). The molecule has 3 aromatic rings. The first kappa shape index (κ1) is 17.4. The van der Waals surface area contributed by atoms with Crippen LogP contribution in [0.5, 0.6) is 0 Å². The number of carbonyl (C=O) groups excluding carboxylic acids is 1. The highest BCUT2D eigenvalue weighted by Gasteiger charge is 2.18. The molecular formula is C19H18N6OS. The van der Waals surface area contributed by atoms with Crippen LogP contribution < -0.4 is 16.0 Å². The second-order valence-electron chi connectivity index (χ2n) is 6.48. The zero-order chi connectivity index (χ0) is 18.8. The van der Waals surface area contributed by atoms with Gasteiger partial charge in [-0.2, -0.15) is 5.26 Å². The van der Waals surface area contributed by atoms with Gasteiger partial charge in [0.25, 0.3) is 5.91 Å². The first-order valence-electron chi connectivity index (χ1n) is 8.69. The Balaban J connectivity index is 1.56. The van der Waals surface area contributed by atoms with Gasteiger partial charge in [0.1, 0.15) is 5.82 Å². The van der Waals surface area contributed by atoms with E-state index in [4.69, 9.17) is 5.26 Å². The molecule has 1 fully saturated rings. The monoisotopic (exact) mass is 378 g/mol. The topological polar surface area (TPSA) is 103 Å². The van der Waals surface area contributed by atoms with E-state index < -0.39 is 0 Å². The van der Waals surface area contributed by atoms with Crippen LogP contribution in [0.1, 0.15) is 28.0 Å². The molecule has 0 spiro atoms. The number of thiazole rings is 1. The number of aromatic nitrogens is 2. The van der Waals surface area contributed by atoms with E-state index in [-0.39, 0.29) is 11.9 Å². The Bertz CT molecular complexity index is 1050. The number of anilines is 2. The van der Waals surface area contributed by atoms with Crippen molar-refractivity contribution >= 4 is 38.4 Å². The lowest BCUT2D eigenvalue weighted by Crippen LogP contribution is -2.36. The maximum Gasteiger partial charge on any atom is 0.251 e. The van der Waals surface area contributed by atoms with E-state index in [2.05, 4.69) is 32.0 Å². The maximum absolute atomic E-state index is 12.5. The number of hydrogen-bond acceptors (Lipinski definition) is 7. The van der Waals surface area contributed by atoms with Gasteiger partial charge in [-0.05, 0) is 50.2 Å². The molecule has 1 unspecified atom stereocenters. The molecule has 1 aliphatic rings. The van der Waals surface area contributed by atoms with Crippen LogP contribution in [0, 0.1) is 18.3 Å². The van der Waals surface area contributed by atoms with Crippen molar-refractivity contribution in [3.05, 3.63) is 47.2 Å². The summed E-state index contributed by atoms with van der Waals surface area (Å²) < 4.78 is 0.927. The van der Waals surface area contributed by atoms with Gasteiger partial charge in [0.15, 0.2) is 5.13 Å². The lowest BCUT2D eigenvalue weighted by molar-refractivity contribution is 0.0940. The smallest absolute Gasteiger partial charge is 0.251 e. The summed E-state index contributed by atoms with van der Waals surface area (Å²) in [6.45, 7) is 3.59. The van der Waals surface area contributed by atoms with Gasteiger partial charge in [-0.3, -0.25) is 4.79 Å². The highest BCUT2D eigenvalue weighted by Crippen LogP contribution is 2.28. The third-order valence-electron chi connectivity index (χ3n) is 4.36. The molecule has 2 aromatic heterocycles. The van der Waals surface area contributed by atoms with E-state index in [1.54, 1.807) is 18.2 Å². The number of nitrogens with zero attached hydrogens (tertiary/aromatic N) is 3. The molecule has 136 valence electrons. The maximum atomic E-state index is 12.5. The Morgan fingerprint density at radius 2 is 2.22 bits per heavy atom. The molecule has 1 atom stereocenters. The molecule has 8 heteroatoms. The first-order chi connectivity index (χ1) is 13.1. The Morgan fingerprint density at radius 3 is 3.00 bits per heavy atom. The van der Waals surface area contributed by atoms with Gasteiger partial charge in [-0.1, -0.05) is 11.3 Å². The number of pyridine rings is 1. The summed E-state index contributed by atoms with van der Waals surface area (Å²) in [6.07, 6.45) is 0.942. The van der Waals surface area contributed by atoms with Crippen LogP contribution in [-0.2, 0) is 0 Å². The molecule has 0 radical (unpaired) electrons. The zero-order valence-electron chi connectivity index (χ0n) is 14.7. The number of fused-ring (bicyclic) bond motifs is 1. The van der Waals surface area contributed by atoms with Crippen molar-refractivity contribution < 1.29 is 4.79 Å². The molecular weight excluding hydrogens is 360 g/mol. The summed E-state index contributed by atoms with van der Waals surface area (Å²) in [4.78, 5) is 21.5. The normalized spacial score (nSPS) is 16.2.